The summed E-state index contributed by atoms with van der Waals surface area (Å²) in [6.07, 6.45) is 0.786. The molecule has 0 spiro atoms. The zero-order valence-corrected chi connectivity index (χ0v) is 12.9. The summed E-state index contributed by atoms with van der Waals surface area (Å²) >= 11 is 3.84. The van der Waals surface area contributed by atoms with Crippen LogP contribution in [0.1, 0.15) is 21.1 Å². The molecule has 0 aliphatic carbocycles. The highest BCUT2D eigenvalue weighted by molar-refractivity contribution is 14.1. The van der Waals surface area contributed by atoms with Crippen molar-refractivity contribution in [3.05, 3.63) is 49.5 Å². The predicted molar refractivity (Wildman–Crippen MR) is 82.0 cm³/mol. The molecular weight excluding hydrogens is 359 g/mol. The quantitative estimate of drug-likeness (QED) is 0.839. The predicted octanol–water partition coefficient (Wildman–Crippen LogP) is 3.03. The minimum Gasteiger partial charge on any atom is -0.352 e. The summed E-state index contributed by atoms with van der Waals surface area (Å²) in [4.78, 5) is 16.2. The van der Waals surface area contributed by atoms with Crippen LogP contribution in [0.25, 0.3) is 0 Å². The van der Waals surface area contributed by atoms with E-state index in [0.29, 0.717) is 12.1 Å². The lowest BCUT2D eigenvalue weighted by Crippen LogP contribution is -2.25. The molecule has 18 heavy (non-hydrogen) atoms. The summed E-state index contributed by atoms with van der Waals surface area (Å²) in [5.74, 6) is -0.0261. The third-order valence-electron chi connectivity index (χ3n) is 2.38. The minimum absolute atomic E-state index is 0.0261. The molecule has 0 atom stereocenters. The van der Waals surface area contributed by atoms with Crippen LogP contribution in [0.4, 0.5) is 0 Å². The Morgan fingerprint density at radius 2 is 2.33 bits per heavy atom. The van der Waals surface area contributed by atoms with Crippen molar-refractivity contribution in [2.45, 2.75) is 13.3 Å². The van der Waals surface area contributed by atoms with Gasteiger partial charge in [0.05, 0.1) is 5.01 Å². The number of aromatic nitrogens is 1. The van der Waals surface area contributed by atoms with Gasteiger partial charge in [0.25, 0.3) is 5.91 Å². The first-order chi connectivity index (χ1) is 8.65. The number of amides is 1. The maximum absolute atomic E-state index is 11.9. The second-order valence-corrected chi connectivity index (χ2v) is 6.09. The lowest BCUT2D eigenvalue weighted by molar-refractivity contribution is 0.0954. The van der Waals surface area contributed by atoms with E-state index in [1.165, 1.54) is 0 Å². The topological polar surface area (TPSA) is 42.0 Å². The van der Waals surface area contributed by atoms with Crippen molar-refractivity contribution in [2.24, 2.45) is 0 Å². The number of hydrogen-bond acceptors (Lipinski definition) is 3. The molecule has 1 amide bonds. The molecule has 3 nitrogen and oxygen atoms in total. The van der Waals surface area contributed by atoms with E-state index in [9.17, 15) is 4.79 Å². The van der Waals surface area contributed by atoms with E-state index in [1.54, 1.807) is 11.3 Å². The first-order valence-electron chi connectivity index (χ1n) is 5.60. The van der Waals surface area contributed by atoms with E-state index in [1.807, 2.05) is 36.6 Å². The molecule has 0 fully saturated rings. The highest BCUT2D eigenvalue weighted by atomic mass is 127. The van der Waals surface area contributed by atoms with E-state index >= 15 is 0 Å². The van der Waals surface area contributed by atoms with Crippen molar-refractivity contribution < 1.29 is 4.79 Å². The first kappa shape index (κ1) is 13.5. The van der Waals surface area contributed by atoms with Crippen LogP contribution in [0.3, 0.4) is 0 Å². The Bertz CT molecular complexity index is 553. The Kier molecular flexibility index (Phi) is 4.71. The van der Waals surface area contributed by atoms with Crippen molar-refractivity contribution in [3.8, 4) is 0 Å². The molecule has 0 bridgehead atoms. The number of rotatable bonds is 4. The fourth-order valence-electron chi connectivity index (χ4n) is 1.53. The average Bonchev–Trinajstić information content (AvgIpc) is 2.75. The lowest BCUT2D eigenvalue weighted by atomic mass is 10.2. The third kappa shape index (κ3) is 3.78. The fourth-order valence-corrected chi connectivity index (χ4v) is 2.85. The molecule has 1 heterocycles. The largest absolute Gasteiger partial charge is 0.352 e. The fraction of sp³-hybridized carbons (Fsp3) is 0.231. The zero-order valence-electron chi connectivity index (χ0n) is 9.94. The SMILES string of the molecule is Cc1csc(CCNC(=O)c2cccc(I)c2)n1. The summed E-state index contributed by atoms with van der Waals surface area (Å²) in [5.41, 5.74) is 1.75. The highest BCUT2D eigenvalue weighted by Crippen LogP contribution is 2.09. The highest BCUT2D eigenvalue weighted by Gasteiger charge is 2.05. The van der Waals surface area contributed by atoms with Gasteiger partial charge in [-0.2, -0.15) is 0 Å². The number of nitrogens with one attached hydrogen (secondary N) is 1. The second-order valence-electron chi connectivity index (χ2n) is 3.90. The van der Waals surface area contributed by atoms with Gasteiger partial charge >= 0.3 is 0 Å². The summed E-state index contributed by atoms with van der Waals surface area (Å²) in [7, 11) is 0. The third-order valence-corrected chi connectivity index (χ3v) is 4.08. The molecule has 94 valence electrons. The average molecular weight is 372 g/mol. The Morgan fingerprint density at radius 3 is 3.00 bits per heavy atom. The van der Waals surface area contributed by atoms with Gasteiger partial charge in [0.2, 0.25) is 0 Å². The van der Waals surface area contributed by atoms with Crippen molar-refractivity contribution in [3.63, 3.8) is 0 Å². The molecule has 0 saturated carbocycles. The molecule has 5 heteroatoms. The van der Waals surface area contributed by atoms with Crippen molar-refractivity contribution in [2.75, 3.05) is 6.54 Å². The molecule has 0 saturated heterocycles. The van der Waals surface area contributed by atoms with E-state index < -0.39 is 0 Å². The maximum atomic E-state index is 11.9. The number of carbonyl (C=O) groups excluding carboxylic acids is 1. The van der Waals surface area contributed by atoms with Gasteiger partial charge in [0.1, 0.15) is 0 Å². The monoisotopic (exact) mass is 372 g/mol. The number of halogens is 1. The van der Waals surface area contributed by atoms with Crippen LogP contribution in [0, 0.1) is 10.5 Å². The minimum atomic E-state index is -0.0261. The molecule has 0 radical (unpaired) electrons. The number of aryl methyl sites for hydroxylation is 1. The molecule has 1 N–H and O–H groups in total. The van der Waals surface area contributed by atoms with Crippen LogP contribution in [-0.4, -0.2) is 17.4 Å². The molecule has 1 aromatic carbocycles. The summed E-state index contributed by atoms with van der Waals surface area (Å²) in [5, 5.41) is 6.00. The summed E-state index contributed by atoms with van der Waals surface area (Å²) < 4.78 is 1.07. The Balaban J connectivity index is 1.85. The maximum Gasteiger partial charge on any atom is 0.251 e. The van der Waals surface area contributed by atoms with Gasteiger partial charge in [-0.15, -0.1) is 11.3 Å². The number of carbonyl (C=O) groups is 1. The van der Waals surface area contributed by atoms with Crippen molar-refractivity contribution in [1.29, 1.82) is 0 Å². The molecular formula is C13H13IN2OS. The van der Waals surface area contributed by atoms with Crippen molar-refractivity contribution in [1.82, 2.24) is 10.3 Å². The first-order valence-corrected chi connectivity index (χ1v) is 7.56. The van der Waals surface area contributed by atoms with Crippen LogP contribution < -0.4 is 5.32 Å². The van der Waals surface area contributed by atoms with Gasteiger partial charge in [-0.05, 0) is 47.7 Å². The van der Waals surface area contributed by atoms with Gasteiger partial charge in [0, 0.05) is 33.2 Å². The van der Waals surface area contributed by atoms with E-state index in [4.69, 9.17) is 0 Å². The second kappa shape index (κ2) is 6.29. The van der Waals surface area contributed by atoms with Gasteiger partial charge in [-0.3, -0.25) is 4.79 Å². The molecule has 0 aliphatic rings. The van der Waals surface area contributed by atoms with Crippen LogP contribution in [-0.2, 0) is 6.42 Å². The van der Waals surface area contributed by atoms with Crippen LogP contribution in [0.2, 0.25) is 0 Å². The van der Waals surface area contributed by atoms with E-state index in [0.717, 1.165) is 20.7 Å². The Hall–Kier alpha value is -0.950. The van der Waals surface area contributed by atoms with Crippen LogP contribution in [0.15, 0.2) is 29.6 Å². The van der Waals surface area contributed by atoms with Gasteiger partial charge in [-0.25, -0.2) is 4.98 Å². The van der Waals surface area contributed by atoms with Gasteiger partial charge in [0.15, 0.2) is 0 Å². The van der Waals surface area contributed by atoms with Gasteiger partial charge in [-0.1, -0.05) is 6.07 Å². The normalized spacial score (nSPS) is 10.3. The van der Waals surface area contributed by atoms with E-state index in [-0.39, 0.29) is 5.91 Å². The molecule has 0 aliphatic heterocycles. The number of hydrogen-bond donors (Lipinski definition) is 1. The summed E-state index contributed by atoms with van der Waals surface area (Å²) in [6.45, 7) is 2.60. The molecule has 0 unspecified atom stereocenters. The number of nitrogens with zero attached hydrogens (tertiary/aromatic N) is 1. The number of benzene rings is 1. The van der Waals surface area contributed by atoms with E-state index in [2.05, 4.69) is 32.9 Å². The van der Waals surface area contributed by atoms with Crippen LogP contribution >= 0.6 is 33.9 Å². The Labute approximate surface area is 124 Å². The molecule has 2 rings (SSSR count). The van der Waals surface area contributed by atoms with Gasteiger partial charge < -0.3 is 5.32 Å². The smallest absolute Gasteiger partial charge is 0.251 e. The van der Waals surface area contributed by atoms with Crippen LogP contribution in [0.5, 0.6) is 0 Å². The Morgan fingerprint density at radius 1 is 1.50 bits per heavy atom. The molecule has 2 aromatic rings. The standard InChI is InChI=1S/C13H13IN2OS/c1-9-8-18-12(16-9)5-6-15-13(17)10-3-2-4-11(14)7-10/h2-4,7-8H,5-6H2,1H3,(H,15,17). The number of thiazole rings is 1. The molecule has 1 aromatic heterocycles. The lowest BCUT2D eigenvalue weighted by Gasteiger charge is -2.04. The zero-order chi connectivity index (χ0) is 13.0. The summed E-state index contributed by atoms with van der Waals surface area (Å²) in [6, 6.07) is 7.56. The van der Waals surface area contributed by atoms with Crippen molar-refractivity contribution >= 4 is 39.8 Å².